The minimum absolute atomic E-state index is 0.0503. The summed E-state index contributed by atoms with van der Waals surface area (Å²) in [6.07, 6.45) is -0.0746. The number of hydrogen-bond donors (Lipinski definition) is 1. The highest BCUT2D eigenvalue weighted by atomic mass is 79.9. The lowest BCUT2D eigenvalue weighted by molar-refractivity contribution is -0.134. The lowest BCUT2D eigenvalue weighted by Gasteiger charge is -2.17. The van der Waals surface area contributed by atoms with Gasteiger partial charge in [0, 0.05) is 33.7 Å². The minimum atomic E-state index is -0.615. The van der Waals surface area contributed by atoms with Crippen molar-refractivity contribution in [3.05, 3.63) is 75.1 Å². The maximum Gasteiger partial charge on any atom is 0.407 e. The van der Waals surface area contributed by atoms with Gasteiger partial charge in [-0.05, 0) is 43.0 Å². The van der Waals surface area contributed by atoms with Gasteiger partial charge < -0.3 is 19.2 Å². The number of carbonyl (C=O) groups excluding carboxylic acids is 2. The Morgan fingerprint density at radius 1 is 1.15 bits per heavy atom. The number of alkyl halides is 2. The van der Waals surface area contributed by atoms with Gasteiger partial charge in [0.25, 0.3) is 0 Å². The van der Waals surface area contributed by atoms with E-state index in [4.69, 9.17) is 13.9 Å². The van der Waals surface area contributed by atoms with E-state index in [0.717, 1.165) is 22.1 Å². The number of rotatable bonds is 9. The molecule has 0 bridgehead atoms. The Hall–Kier alpha value is -2.65. The number of fused-ring (bicyclic) bond motifs is 1. The van der Waals surface area contributed by atoms with Crippen molar-refractivity contribution in [2.45, 2.75) is 38.1 Å². The van der Waals surface area contributed by atoms with Crippen molar-refractivity contribution in [3.63, 3.8) is 0 Å². The third-order valence-corrected chi connectivity index (χ3v) is 7.43. The summed E-state index contributed by atoms with van der Waals surface area (Å²) < 4.78 is 16.2. The second-order valence-electron chi connectivity index (χ2n) is 7.78. The summed E-state index contributed by atoms with van der Waals surface area (Å²) in [7, 11) is 0. The number of ether oxygens (including phenoxy) is 2. The van der Waals surface area contributed by atoms with Crippen LogP contribution >= 0.6 is 31.9 Å². The molecule has 3 rings (SSSR count). The van der Waals surface area contributed by atoms with Crippen molar-refractivity contribution in [2.24, 2.45) is 0 Å². The summed E-state index contributed by atoms with van der Waals surface area (Å²) in [4.78, 5) is 36.5. The highest BCUT2D eigenvalue weighted by Gasteiger charge is 2.20. The first-order chi connectivity index (χ1) is 16.3. The quantitative estimate of drug-likeness (QED) is 0.156. The van der Waals surface area contributed by atoms with Gasteiger partial charge in [-0.15, -0.1) is 0 Å². The Morgan fingerprint density at radius 2 is 1.88 bits per heavy atom. The van der Waals surface area contributed by atoms with Crippen LogP contribution in [0.5, 0.6) is 5.75 Å². The molecule has 0 spiro atoms. The average molecular weight is 595 g/mol. The van der Waals surface area contributed by atoms with E-state index in [1.807, 2.05) is 43.3 Å². The topological polar surface area (TPSA) is 94.8 Å². The predicted molar refractivity (Wildman–Crippen MR) is 137 cm³/mol. The highest BCUT2D eigenvalue weighted by Crippen LogP contribution is 2.34. The lowest BCUT2D eigenvalue weighted by Crippen LogP contribution is -2.28. The van der Waals surface area contributed by atoms with Crippen LogP contribution in [-0.2, 0) is 22.6 Å². The van der Waals surface area contributed by atoms with Gasteiger partial charge in [-0.1, -0.05) is 62.2 Å². The average Bonchev–Trinajstić information content (AvgIpc) is 2.81. The summed E-state index contributed by atoms with van der Waals surface area (Å²) >= 11 is 7.05. The van der Waals surface area contributed by atoms with Gasteiger partial charge in [0.2, 0.25) is 0 Å². The predicted octanol–water partition coefficient (Wildman–Crippen LogP) is 5.33. The first-order valence-electron chi connectivity index (χ1n) is 10.7. The van der Waals surface area contributed by atoms with Gasteiger partial charge in [-0.3, -0.25) is 4.79 Å². The third-order valence-electron chi connectivity index (χ3n) is 5.13. The van der Waals surface area contributed by atoms with E-state index in [0.29, 0.717) is 28.6 Å². The van der Waals surface area contributed by atoms with Crippen molar-refractivity contribution < 1.29 is 23.5 Å². The van der Waals surface area contributed by atoms with E-state index >= 15 is 0 Å². The number of benzene rings is 2. The zero-order valence-electron chi connectivity index (χ0n) is 18.9. The zero-order valence-corrected chi connectivity index (χ0v) is 22.0. The first-order valence-corrected chi connectivity index (χ1v) is 12.7. The molecule has 1 aromatic heterocycles. The van der Waals surface area contributed by atoms with Crippen LogP contribution in [-0.4, -0.2) is 28.8 Å². The van der Waals surface area contributed by atoms with Crippen molar-refractivity contribution in [2.75, 3.05) is 11.9 Å². The molecule has 1 N–H and O–H groups in total. The van der Waals surface area contributed by atoms with Gasteiger partial charge in [0.15, 0.2) is 0 Å². The molecule has 3 aromatic rings. The third kappa shape index (κ3) is 6.93. The van der Waals surface area contributed by atoms with Gasteiger partial charge in [0.05, 0.1) is 6.42 Å². The Kier molecular flexibility index (Phi) is 9.29. The molecule has 1 amide bonds. The van der Waals surface area contributed by atoms with E-state index in [2.05, 4.69) is 37.2 Å². The highest BCUT2D eigenvalue weighted by molar-refractivity contribution is 9.12. The Labute approximate surface area is 214 Å². The number of carbonyl (C=O) groups is 2. The molecule has 0 aliphatic rings. The van der Waals surface area contributed by atoms with E-state index in [1.54, 1.807) is 6.92 Å². The summed E-state index contributed by atoms with van der Waals surface area (Å²) in [5.74, 6) is -0.157. The summed E-state index contributed by atoms with van der Waals surface area (Å²) in [5.41, 5.74) is 2.97. The van der Waals surface area contributed by atoms with Crippen molar-refractivity contribution in [1.29, 1.82) is 0 Å². The fourth-order valence-corrected chi connectivity index (χ4v) is 4.03. The molecule has 0 saturated carbocycles. The fraction of sp³-hybridized carbons (Fsp3) is 0.320. The van der Waals surface area contributed by atoms with Gasteiger partial charge in [-0.25, -0.2) is 9.59 Å². The Balaban J connectivity index is 1.68. The SMILES string of the molecule is Cc1cc(=O)oc2c(C)c(OC(=O)CCNC(=O)OCc3ccccc3)c(CC(Br)CBr)cc12. The van der Waals surface area contributed by atoms with E-state index in [9.17, 15) is 14.4 Å². The van der Waals surface area contributed by atoms with Crippen molar-refractivity contribution in [3.8, 4) is 5.75 Å². The number of esters is 1. The van der Waals surface area contributed by atoms with Crippen LogP contribution in [0.25, 0.3) is 11.0 Å². The van der Waals surface area contributed by atoms with E-state index in [-0.39, 0.29) is 24.4 Å². The number of amides is 1. The van der Waals surface area contributed by atoms with Gasteiger partial charge in [-0.2, -0.15) is 0 Å². The van der Waals surface area contributed by atoms with Crippen LogP contribution in [0.4, 0.5) is 4.79 Å². The van der Waals surface area contributed by atoms with Crippen LogP contribution in [0.1, 0.15) is 28.7 Å². The molecule has 9 heteroatoms. The molecule has 0 radical (unpaired) electrons. The number of alkyl carbamates (subject to hydrolysis) is 1. The molecule has 0 aliphatic carbocycles. The molecule has 0 aliphatic heterocycles. The second-order valence-corrected chi connectivity index (χ2v) is 9.73. The molecule has 1 heterocycles. The van der Waals surface area contributed by atoms with Crippen molar-refractivity contribution >= 4 is 54.9 Å². The molecule has 2 aromatic carbocycles. The Morgan fingerprint density at radius 3 is 2.59 bits per heavy atom. The first kappa shape index (κ1) is 26.0. The summed E-state index contributed by atoms with van der Waals surface area (Å²) in [6, 6.07) is 12.6. The molecule has 1 unspecified atom stereocenters. The number of halogens is 2. The fourth-order valence-electron chi connectivity index (χ4n) is 3.45. The molecule has 0 saturated heterocycles. The number of aryl methyl sites for hydroxylation is 2. The van der Waals surface area contributed by atoms with E-state index < -0.39 is 17.7 Å². The molecule has 34 heavy (non-hydrogen) atoms. The summed E-state index contributed by atoms with van der Waals surface area (Å²) in [5, 5.41) is 4.05. The largest absolute Gasteiger partial charge is 0.445 e. The van der Waals surface area contributed by atoms with Gasteiger partial charge in [0.1, 0.15) is 17.9 Å². The van der Waals surface area contributed by atoms with Crippen LogP contribution < -0.4 is 15.7 Å². The van der Waals surface area contributed by atoms with Crippen molar-refractivity contribution in [1.82, 2.24) is 5.32 Å². The monoisotopic (exact) mass is 593 g/mol. The molecular weight excluding hydrogens is 570 g/mol. The molecule has 180 valence electrons. The summed E-state index contributed by atoms with van der Waals surface area (Å²) in [6.45, 7) is 3.80. The lowest BCUT2D eigenvalue weighted by atomic mass is 9.99. The number of hydrogen-bond acceptors (Lipinski definition) is 6. The second kappa shape index (κ2) is 12.2. The molecule has 7 nitrogen and oxygen atoms in total. The maximum absolute atomic E-state index is 12.6. The van der Waals surface area contributed by atoms with Crippen LogP contribution in [0.2, 0.25) is 0 Å². The molecular formula is C25H25Br2NO6. The maximum atomic E-state index is 12.6. The standard InChI is InChI=1S/C25H25Br2NO6/c1-15-10-22(30)34-24-16(2)23(18(12-20(15)24)11-19(27)13-26)33-21(29)8-9-28-25(31)32-14-17-6-4-3-5-7-17/h3-7,10,12,19H,8-9,11,13-14H2,1-2H3,(H,28,31). The Bertz CT molecular complexity index is 1230. The molecule has 1 atom stereocenters. The number of nitrogens with one attached hydrogen (secondary N) is 1. The minimum Gasteiger partial charge on any atom is -0.445 e. The van der Waals surface area contributed by atoms with Crippen LogP contribution in [0.3, 0.4) is 0 Å². The van der Waals surface area contributed by atoms with E-state index in [1.165, 1.54) is 6.07 Å². The smallest absolute Gasteiger partial charge is 0.407 e. The normalized spacial score (nSPS) is 11.8. The van der Waals surface area contributed by atoms with Gasteiger partial charge >= 0.3 is 17.7 Å². The molecule has 0 fully saturated rings. The van der Waals surface area contributed by atoms with Crippen LogP contribution in [0.15, 0.2) is 51.7 Å². The zero-order chi connectivity index (χ0) is 24.7. The van der Waals surface area contributed by atoms with Crippen LogP contribution in [0, 0.1) is 13.8 Å².